The summed E-state index contributed by atoms with van der Waals surface area (Å²) in [5.41, 5.74) is 0. The second-order valence-electron chi connectivity index (χ2n) is 6.03. The molecule has 4 heteroatoms. The van der Waals surface area contributed by atoms with Gasteiger partial charge in [-0.25, -0.2) is 4.79 Å². The molecule has 0 heterocycles. The summed E-state index contributed by atoms with van der Waals surface area (Å²) in [6.07, 6.45) is -1.22. The lowest BCUT2D eigenvalue weighted by Crippen LogP contribution is -2.67. The van der Waals surface area contributed by atoms with E-state index in [1.807, 2.05) is 81.4 Å². The van der Waals surface area contributed by atoms with Crippen molar-refractivity contribution in [3.8, 4) is 0 Å². The summed E-state index contributed by atoms with van der Waals surface area (Å²) in [5.74, 6) is 0. The molecule has 1 N–H and O–H groups in total. The predicted molar refractivity (Wildman–Crippen MR) is 86.7 cm³/mol. The Labute approximate surface area is 126 Å². The highest BCUT2D eigenvalue weighted by Gasteiger charge is 2.53. The Balaban J connectivity index is 2.75. The molecule has 3 nitrogen and oxygen atoms in total. The van der Waals surface area contributed by atoms with E-state index in [1.54, 1.807) is 0 Å². The van der Waals surface area contributed by atoms with Crippen LogP contribution in [-0.4, -0.2) is 19.6 Å². The zero-order valence-electron chi connectivity index (χ0n) is 12.5. The van der Waals surface area contributed by atoms with Crippen LogP contribution in [0, 0.1) is 0 Å². The molecule has 0 spiro atoms. The second kappa shape index (κ2) is 5.74. The molecule has 0 bridgehead atoms. The third-order valence-electron chi connectivity index (χ3n) is 3.66. The van der Waals surface area contributed by atoms with Gasteiger partial charge in [-0.3, -0.25) is 0 Å². The monoisotopic (exact) mass is 300 g/mol. The van der Waals surface area contributed by atoms with Gasteiger partial charge in [0.1, 0.15) is 0 Å². The smallest absolute Gasteiger partial charge is 0.479 e. The van der Waals surface area contributed by atoms with Crippen molar-refractivity contribution in [2.24, 2.45) is 0 Å². The van der Waals surface area contributed by atoms with Gasteiger partial charge in [0.15, 0.2) is 0 Å². The second-order valence-corrected chi connectivity index (χ2v) is 10.3. The molecule has 2 rings (SSSR count). The van der Waals surface area contributed by atoms with Crippen LogP contribution in [0.15, 0.2) is 60.7 Å². The van der Waals surface area contributed by atoms with Gasteiger partial charge in [0.2, 0.25) is 0 Å². The summed E-state index contributed by atoms with van der Waals surface area (Å²) < 4.78 is 5.63. The largest absolute Gasteiger partial charge is 0.492 e. The van der Waals surface area contributed by atoms with E-state index in [-0.39, 0.29) is 5.04 Å². The maximum atomic E-state index is 11.4. The molecule has 0 fully saturated rings. The third-order valence-corrected chi connectivity index (χ3v) is 8.54. The van der Waals surface area contributed by atoms with Gasteiger partial charge in [0.25, 0.3) is 0 Å². The van der Waals surface area contributed by atoms with E-state index in [0.29, 0.717) is 0 Å². The normalized spacial score (nSPS) is 12.0. The van der Waals surface area contributed by atoms with Crippen LogP contribution >= 0.6 is 0 Å². The van der Waals surface area contributed by atoms with Crippen molar-refractivity contribution in [2.45, 2.75) is 25.8 Å². The van der Waals surface area contributed by atoms with Crippen LogP contribution in [0.5, 0.6) is 0 Å². The van der Waals surface area contributed by atoms with Crippen molar-refractivity contribution in [1.29, 1.82) is 0 Å². The lowest BCUT2D eigenvalue weighted by molar-refractivity contribution is 0.141. The maximum Gasteiger partial charge on any atom is 0.492 e. The quantitative estimate of drug-likeness (QED) is 0.885. The van der Waals surface area contributed by atoms with E-state index in [2.05, 4.69) is 0 Å². The first-order chi connectivity index (χ1) is 9.88. The lowest BCUT2D eigenvalue weighted by atomic mass is 10.2. The molecule has 0 aliphatic heterocycles. The first kappa shape index (κ1) is 15.3. The Morgan fingerprint density at radius 2 is 1.29 bits per heavy atom. The highest BCUT2D eigenvalue weighted by molar-refractivity contribution is 7.00. The Morgan fingerprint density at radius 3 is 1.57 bits per heavy atom. The number of hydrogen-bond donors (Lipinski definition) is 1. The number of rotatable bonds is 3. The van der Waals surface area contributed by atoms with Gasteiger partial charge >= 0.3 is 14.5 Å². The van der Waals surface area contributed by atoms with E-state index in [0.717, 1.165) is 10.4 Å². The average molecular weight is 300 g/mol. The fourth-order valence-electron chi connectivity index (χ4n) is 2.78. The summed E-state index contributed by atoms with van der Waals surface area (Å²) in [4.78, 5) is 11.4. The molecular formula is C17H20O3Si. The zero-order valence-corrected chi connectivity index (χ0v) is 13.5. The average Bonchev–Trinajstić information content (AvgIpc) is 2.45. The first-order valence-corrected chi connectivity index (χ1v) is 8.82. The van der Waals surface area contributed by atoms with Crippen molar-refractivity contribution in [3.63, 3.8) is 0 Å². The third kappa shape index (κ3) is 2.85. The Morgan fingerprint density at radius 1 is 0.905 bits per heavy atom. The molecule has 0 aromatic heterocycles. The molecule has 110 valence electrons. The first-order valence-electron chi connectivity index (χ1n) is 6.91. The zero-order chi connectivity index (χ0) is 15.5. The van der Waals surface area contributed by atoms with Crippen molar-refractivity contribution in [2.75, 3.05) is 0 Å². The van der Waals surface area contributed by atoms with Gasteiger partial charge in [-0.15, -0.1) is 0 Å². The van der Waals surface area contributed by atoms with Crippen LogP contribution in [0.25, 0.3) is 0 Å². The van der Waals surface area contributed by atoms with E-state index < -0.39 is 14.5 Å². The number of benzene rings is 2. The van der Waals surface area contributed by atoms with Crippen LogP contribution in [0.3, 0.4) is 0 Å². The molecule has 0 radical (unpaired) electrons. The van der Waals surface area contributed by atoms with E-state index in [1.165, 1.54) is 0 Å². The molecule has 2 aromatic carbocycles. The fraction of sp³-hybridized carbons (Fsp3) is 0.235. The SMILES string of the molecule is CC(C)(C)[Si](OC(=O)O)(c1ccccc1)c1ccccc1. The van der Waals surface area contributed by atoms with Crippen LogP contribution in [-0.2, 0) is 4.43 Å². The molecular weight excluding hydrogens is 280 g/mol. The topological polar surface area (TPSA) is 46.5 Å². The highest BCUT2D eigenvalue weighted by atomic mass is 28.4. The van der Waals surface area contributed by atoms with E-state index in [4.69, 9.17) is 4.43 Å². The molecule has 0 amide bonds. The minimum atomic E-state index is -2.91. The Kier molecular flexibility index (Phi) is 4.18. The lowest BCUT2D eigenvalue weighted by Gasteiger charge is -2.41. The number of carbonyl (C=O) groups is 1. The molecule has 2 aromatic rings. The van der Waals surface area contributed by atoms with Gasteiger partial charge in [0, 0.05) is 5.04 Å². The summed E-state index contributed by atoms with van der Waals surface area (Å²) in [6, 6.07) is 19.4. The van der Waals surface area contributed by atoms with Crippen LogP contribution in [0.2, 0.25) is 5.04 Å². The Hall–Kier alpha value is -2.07. The molecule has 0 atom stereocenters. The van der Waals surface area contributed by atoms with Gasteiger partial charge in [-0.2, -0.15) is 0 Å². The molecule has 0 saturated heterocycles. The van der Waals surface area contributed by atoms with Gasteiger partial charge in [0.05, 0.1) is 0 Å². The molecule has 21 heavy (non-hydrogen) atoms. The van der Waals surface area contributed by atoms with Crippen LogP contribution < -0.4 is 10.4 Å². The van der Waals surface area contributed by atoms with Gasteiger partial charge < -0.3 is 9.53 Å². The summed E-state index contributed by atoms with van der Waals surface area (Å²) in [7, 11) is -2.91. The van der Waals surface area contributed by atoms with Gasteiger partial charge in [-0.05, 0) is 10.4 Å². The standard InChI is InChI=1S/C17H20O3Si/c1-17(2,3)21(20-16(18)19,14-10-6-4-7-11-14)15-12-8-5-9-13-15/h4-13H,1-3H3,(H,18,19). The van der Waals surface area contributed by atoms with E-state index in [9.17, 15) is 9.90 Å². The van der Waals surface area contributed by atoms with Crippen LogP contribution in [0.1, 0.15) is 20.8 Å². The highest BCUT2D eigenvalue weighted by Crippen LogP contribution is 2.36. The van der Waals surface area contributed by atoms with Crippen LogP contribution in [0.4, 0.5) is 4.79 Å². The molecule has 0 saturated carbocycles. The predicted octanol–water partition coefficient (Wildman–Crippen LogP) is 3.24. The van der Waals surface area contributed by atoms with Crippen molar-refractivity contribution in [1.82, 2.24) is 0 Å². The van der Waals surface area contributed by atoms with Crippen molar-refractivity contribution < 1.29 is 14.3 Å². The Bertz CT molecular complexity index is 563. The van der Waals surface area contributed by atoms with Crippen molar-refractivity contribution >= 4 is 24.8 Å². The maximum absolute atomic E-state index is 11.4. The number of carboxylic acid groups (broad SMARTS) is 1. The molecule has 0 unspecified atom stereocenters. The number of hydrogen-bond acceptors (Lipinski definition) is 2. The summed E-state index contributed by atoms with van der Waals surface area (Å²) in [6.45, 7) is 6.13. The summed E-state index contributed by atoms with van der Waals surface area (Å²) in [5, 5.41) is 11.0. The van der Waals surface area contributed by atoms with E-state index >= 15 is 0 Å². The molecule has 0 aliphatic rings. The minimum Gasteiger partial charge on any atom is -0.479 e. The van der Waals surface area contributed by atoms with Crippen molar-refractivity contribution in [3.05, 3.63) is 60.7 Å². The fourth-order valence-corrected chi connectivity index (χ4v) is 6.97. The molecule has 0 aliphatic carbocycles. The summed E-state index contributed by atoms with van der Waals surface area (Å²) >= 11 is 0. The minimum absolute atomic E-state index is 0.311. The van der Waals surface area contributed by atoms with Gasteiger partial charge in [-0.1, -0.05) is 81.4 Å².